The smallest absolute Gasteiger partial charge is 0.409 e. The van der Waals surface area contributed by atoms with Crippen molar-refractivity contribution in [1.29, 1.82) is 0 Å². The van der Waals surface area contributed by atoms with Gasteiger partial charge >= 0.3 is 6.09 Å². The van der Waals surface area contributed by atoms with Gasteiger partial charge in [-0.25, -0.2) is 4.79 Å². The van der Waals surface area contributed by atoms with Crippen LogP contribution in [-0.4, -0.2) is 62.9 Å². The molecule has 3 rings (SSSR count). The molecule has 1 saturated heterocycles. The minimum absolute atomic E-state index is 0.162. The first kappa shape index (κ1) is 23.2. The molecule has 1 atom stereocenters. The molecule has 168 valence electrons. The quantitative estimate of drug-likeness (QED) is 0.550. The van der Waals surface area contributed by atoms with E-state index in [0.717, 1.165) is 35.4 Å². The van der Waals surface area contributed by atoms with Crippen LogP contribution in [0.15, 0.2) is 16.6 Å². The number of amides is 1. The van der Waals surface area contributed by atoms with E-state index in [1.165, 1.54) is 32.1 Å². The average molecular weight is 483 g/mol. The molecule has 1 aromatic carbocycles. The molecule has 0 N–H and O–H groups in total. The Morgan fingerprint density at radius 3 is 2.33 bits per heavy atom. The van der Waals surface area contributed by atoms with Gasteiger partial charge in [-0.15, -0.1) is 0 Å². The number of nitrogens with zero attached hydrogens (tertiary/aromatic N) is 2. The van der Waals surface area contributed by atoms with E-state index in [0.29, 0.717) is 37.3 Å². The third-order valence-corrected chi connectivity index (χ3v) is 7.24. The predicted octanol–water partition coefficient (Wildman–Crippen LogP) is 4.94. The summed E-state index contributed by atoms with van der Waals surface area (Å²) < 4.78 is 17.4. The largest absolute Gasteiger partial charge is 0.493 e. The summed E-state index contributed by atoms with van der Waals surface area (Å²) in [5.74, 6) is 2.61. The van der Waals surface area contributed by atoms with Gasteiger partial charge in [0.2, 0.25) is 0 Å². The number of hydrogen-bond acceptors (Lipinski definition) is 5. The number of piperazine rings is 1. The Morgan fingerprint density at radius 1 is 1.07 bits per heavy atom. The Morgan fingerprint density at radius 2 is 1.70 bits per heavy atom. The molecule has 0 radical (unpaired) electrons. The summed E-state index contributed by atoms with van der Waals surface area (Å²) in [6.45, 7) is 6.61. The van der Waals surface area contributed by atoms with Crippen molar-refractivity contribution < 1.29 is 19.0 Å². The summed E-state index contributed by atoms with van der Waals surface area (Å²) in [6.07, 6.45) is 6.39. The third kappa shape index (κ3) is 6.03. The summed E-state index contributed by atoms with van der Waals surface area (Å²) in [5.41, 5.74) is 1.14. The predicted molar refractivity (Wildman–Crippen MR) is 121 cm³/mol. The van der Waals surface area contributed by atoms with Crippen LogP contribution in [0.2, 0.25) is 0 Å². The standard InChI is InChI=1S/C23H35BrN2O4/c1-17(18-7-5-4-6-8-18)16-30-23(27)26-11-9-25(10-12-26)15-19-13-21(28-2)22(29-3)14-20(19)24/h13-14,17-18H,4-12,15-16H2,1-3H3. The Hall–Kier alpha value is -1.47. The van der Waals surface area contributed by atoms with Crippen molar-refractivity contribution >= 4 is 22.0 Å². The highest BCUT2D eigenvalue weighted by Crippen LogP contribution is 2.34. The molecular weight excluding hydrogens is 448 g/mol. The summed E-state index contributed by atoms with van der Waals surface area (Å²) in [5, 5.41) is 0. The number of halogens is 1. The Labute approximate surface area is 189 Å². The van der Waals surface area contributed by atoms with Gasteiger partial charge in [0, 0.05) is 37.2 Å². The van der Waals surface area contributed by atoms with E-state index >= 15 is 0 Å². The van der Waals surface area contributed by atoms with E-state index in [1.54, 1.807) is 14.2 Å². The van der Waals surface area contributed by atoms with Crippen LogP contribution in [0.25, 0.3) is 0 Å². The first-order valence-electron chi connectivity index (χ1n) is 11.1. The molecule has 1 unspecified atom stereocenters. The first-order chi connectivity index (χ1) is 14.5. The third-order valence-electron chi connectivity index (χ3n) is 6.50. The van der Waals surface area contributed by atoms with Crippen molar-refractivity contribution in [3.8, 4) is 11.5 Å². The lowest BCUT2D eigenvalue weighted by Gasteiger charge is -2.35. The fraction of sp³-hybridized carbons (Fsp3) is 0.696. The zero-order chi connectivity index (χ0) is 21.5. The highest BCUT2D eigenvalue weighted by atomic mass is 79.9. The van der Waals surface area contributed by atoms with E-state index < -0.39 is 0 Å². The minimum atomic E-state index is -0.162. The minimum Gasteiger partial charge on any atom is -0.493 e. The fourth-order valence-electron chi connectivity index (χ4n) is 4.48. The van der Waals surface area contributed by atoms with Crippen LogP contribution in [0.5, 0.6) is 11.5 Å². The van der Waals surface area contributed by atoms with Gasteiger partial charge in [0.1, 0.15) is 0 Å². The maximum Gasteiger partial charge on any atom is 0.409 e. The van der Waals surface area contributed by atoms with Crippen molar-refractivity contribution in [1.82, 2.24) is 9.80 Å². The Kier molecular flexibility index (Phi) is 8.69. The maximum atomic E-state index is 12.5. The molecule has 2 aliphatic rings. The highest BCUT2D eigenvalue weighted by molar-refractivity contribution is 9.10. The lowest BCUT2D eigenvalue weighted by molar-refractivity contribution is 0.0558. The SMILES string of the molecule is COc1cc(Br)c(CN2CCN(C(=O)OCC(C)C3CCCCC3)CC2)cc1OC. The van der Waals surface area contributed by atoms with E-state index in [4.69, 9.17) is 14.2 Å². The molecule has 1 aromatic rings. The molecule has 1 heterocycles. The van der Waals surface area contributed by atoms with Gasteiger partial charge in [0.25, 0.3) is 0 Å². The van der Waals surface area contributed by atoms with E-state index in [9.17, 15) is 4.79 Å². The van der Waals surface area contributed by atoms with Crippen LogP contribution in [0.3, 0.4) is 0 Å². The first-order valence-corrected chi connectivity index (χ1v) is 11.9. The number of rotatable bonds is 7. The Balaban J connectivity index is 1.45. The molecule has 1 aliphatic carbocycles. The zero-order valence-electron chi connectivity index (χ0n) is 18.5. The van der Waals surface area contributed by atoms with Crippen molar-refractivity contribution in [2.24, 2.45) is 11.8 Å². The van der Waals surface area contributed by atoms with Crippen LogP contribution >= 0.6 is 15.9 Å². The molecule has 0 bridgehead atoms. The van der Waals surface area contributed by atoms with Crippen molar-refractivity contribution in [3.63, 3.8) is 0 Å². The summed E-state index contributed by atoms with van der Waals surface area (Å²) in [4.78, 5) is 16.7. The number of carbonyl (C=O) groups excluding carboxylic acids is 1. The normalized spacial score (nSPS) is 19.4. The van der Waals surface area contributed by atoms with Gasteiger partial charge in [-0.3, -0.25) is 4.90 Å². The van der Waals surface area contributed by atoms with Gasteiger partial charge in [-0.2, -0.15) is 0 Å². The molecular formula is C23H35BrN2O4. The monoisotopic (exact) mass is 482 g/mol. The molecule has 0 aromatic heterocycles. The van der Waals surface area contributed by atoms with E-state index in [-0.39, 0.29) is 6.09 Å². The molecule has 1 aliphatic heterocycles. The lowest BCUT2D eigenvalue weighted by Crippen LogP contribution is -2.48. The van der Waals surface area contributed by atoms with Crippen LogP contribution in [0.1, 0.15) is 44.6 Å². The van der Waals surface area contributed by atoms with E-state index in [2.05, 4.69) is 27.8 Å². The van der Waals surface area contributed by atoms with Gasteiger partial charge in [0.05, 0.1) is 20.8 Å². The van der Waals surface area contributed by atoms with Crippen LogP contribution in [0, 0.1) is 11.8 Å². The number of ether oxygens (including phenoxy) is 3. The highest BCUT2D eigenvalue weighted by Gasteiger charge is 2.25. The van der Waals surface area contributed by atoms with Crippen molar-refractivity contribution in [2.75, 3.05) is 47.0 Å². The van der Waals surface area contributed by atoms with Crippen LogP contribution in [-0.2, 0) is 11.3 Å². The summed E-state index contributed by atoms with van der Waals surface area (Å²) in [6, 6.07) is 3.95. The van der Waals surface area contributed by atoms with Gasteiger partial charge in [-0.05, 0) is 29.5 Å². The summed E-state index contributed by atoms with van der Waals surface area (Å²) >= 11 is 3.63. The maximum absolute atomic E-state index is 12.5. The Bertz CT molecular complexity index is 701. The molecule has 0 spiro atoms. The van der Waals surface area contributed by atoms with Crippen LogP contribution in [0.4, 0.5) is 4.79 Å². The van der Waals surface area contributed by atoms with Crippen LogP contribution < -0.4 is 9.47 Å². The zero-order valence-corrected chi connectivity index (χ0v) is 20.1. The van der Waals surface area contributed by atoms with Gasteiger partial charge in [0.15, 0.2) is 11.5 Å². The second-order valence-corrected chi connectivity index (χ2v) is 9.37. The number of benzene rings is 1. The second-order valence-electron chi connectivity index (χ2n) is 8.51. The van der Waals surface area contributed by atoms with Crippen molar-refractivity contribution in [2.45, 2.75) is 45.6 Å². The average Bonchev–Trinajstić information content (AvgIpc) is 2.79. The topological polar surface area (TPSA) is 51.2 Å². The number of hydrogen-bond donors (Lipinski definition) is 0. The van der Waals surface area contributed by atoms with Gasteiger partial charge < -0.3 is 19.1 Å². The number of carbonyl (C=O) groups is 1. The lowest BCUT2D eigenvalue weighted by atomic mass is 9.81. The second kappa shape index (κ2) is 11.2. The molecule has 1 saturated carbocycles. The van der Waals surface area contributed by atoms with Crippen molar-refractivity contribution in [3.05, 3.63) is 22.2 Å². The van der Waals surface area contributed by atoms with E-state index in [1.807, 2.05) is 17.0 Å². The number of methoxy groups -OCH3 is 2. The van der Waals surface area contributed by atoms with Gasteiger partial charge in [-0.1, -0.05) is 55.0 Å². The fourth-order valence-corrected chi connectivity index (χ4v) is 4.93. The molecule has 30 heavy (non-hydrogen) atoms. The molecule has 7 heteroatoms. The summed E-state index contributed by atoms with van der Waals surface area (Å²) in [7, 11) is 3.28. The molecule has 6 nitrogen and oxygen atoms in total. The molecule has 1 amide bonds. The molecule has 2 fully saturated rings.